The van der Waals surface area contributed by atoms with Gasteiger partial charge in [-0.25, -0.2) is 0 Å². The average Bonchev–Trinajstić information content (AvgIpc) is 2.76. The van der Waals surface area contributed by atoms with E-state index in [9.17, 15) is 0 Å². The van der Waals surface area contributed by atoms with Crippen LogP contribution in [0.5, 0.6) is 11.5 Å². The molecule has 3 aromatic carbocycles. The molecule has 0 unspecified atom stereocenters. The van der Waals surface area contributed by atoms with Crippen molar-refractivity contribution in [2.75, 3.05) is 11.9 Å². The van der Waals surface area contributed by atoms with E-state index in [0.717, 1.165) is 38.7 Å². The summed E-state index contributed by atoms with van der Waals surface area (Å²) in [6.07, 6.45) is 2.54. The second-order valence-corrected chi connectivity index (χ2v) is 7.97. The van der Waals surface area contributed by atoms with Gasteiger partial charge in [-0.3, -0.25) is 0 Å². The van der Waals surface area contributed by atoms with Gasteiger partial charge >= 0.3 is 0 Å². The largest absolute Gasteiger partial charge is 0.490 e. The summed E-state index contributed by atoms with van der Waals surface area (Å²) in [7, 11) is 0. The van der Waals surface area contributed by atoms with Crippen molar-refractivity contribution in [3.05, 3.63) is 99.6 Å². The Bertz CT molecular complexity index is 1050. The minimum absolute atomic E-state index is 0.364. The van der Waals surface area contributed by atoms with Crippen LogP contribution in [-0.4, -0.2) is 6.61 Å². The molecule has 162 valence electrons. The third-order valence-corrected chi connectivity index (χ3v) is 5.71. The van der Waals surface area contributed by atoms with Crippen LogP contribution in [0.4, 0.5) is 5.69 Å². The van der Waals surface area contributed by atoms with Crippen molar-refractivity contribution in [3.8, 4) is 11.5 Å². The van der Waals surface area contributed by atoms with Crippen molar-refractivity contribution in [2.24, 2.45) is 0 Å². The lowest BCUT2D eigenvalue weighted by Crippen LogP contribution is -2.06. The molecular formula is C26H27Cl2NO2. The van der Waals surface area contributed by atoms with Crippen LogP contribution < -0.4 is 14.8 Å². The number of ether oxygens (including phenoxy) is 2. The summed E-state index contributed by atoms with van der Waals surface area (Å²) in [4.78, 5) is 0. The van der Waals surface area contributed by atoms with Crippen molar-refractivity contribution in [2.45, 2.75) is 33.4 Å². The third kappa shape index (κ3) is 5.96. The van der Waals surface area contributed by atoms with Crippen LogP contribution >= 0.6 is 23.2 Å². The molecule has 0 aromatic heterocycles. The summed E-state index contributed by atoms with van der Waals surface area (Å²) in [6, 6.07) is 17.7. The highest BCUT2D eigenvalue weighted by atomic mass is 35.5. The zero-order valence-electron chi connectivity index (χ0n) is 17.9. The maximum atomic E-state index is 6.30. The molecule has 0 heterocycles. The first kappa shape index (κ1) is 23.1. The van der Waals surface area contributed by atoms with Crippen molar-refractivity contribution in [1.82, 2.24) is 0 Å². The number of halogens is 2. The number of rotatable bonds is 10. The Morgan fingerprint density at radius 3 is 2.48 bits per heavy atom. The van der Waals surface area contributed by atoms with E-state index in [1.54, 1.807) is 0 Å². The molecule has 0 saturated heterocycles. The molecule has 3 nitrogen and oxygen atoms in total. The van der Waals surface area contributed by atoms with Crippen molar-refractivity contribution in [1.29, 1.82) is 0 Å². The van der Waals surface area contributed by atoms with Crippen molar-refractivity contribution in [3.63, 3.8) is 0 Å². The number of nitrogens with one attached hydrogen (secondary N) is 1. The quantitative estimate of drug-likeness (QED) is 0.318. The van der Waals surface area contributed by atoms with Gasteiger partial charge < -0.3 is 14.8 Å². The molecule has 0 amide bonds. The Balaban J connectivity index is 1.87. The van der Waals surface area contributed by atoms with Gasteiger partial charge in [-0.15, -0.1) is 6.58 Å². The van der Waals surface area contributed by atoms with E-state index in [0.29, 0.717) is 37.0 Å². The number of hydrogen-bond acceptors (Lipinski definition) is 3. The lowest BCUT2D eigenvalue weighted by Gasteiger charge is -2.19. The summed E-state index contributed by atoms with van der Waals surface area (Å²) in [6.45, 7) is 9.41. The van der Waals surface area contributed by atoms with Gasteiger partial charge in [-0.1, -0.05) is 53.5 Å². The molecular weight excluding hydrogens is 429 g/mol. The van der Waals surface area contributed by atoms with Gasteiger partial charge in [0.15, 0.2) is 11.5 Å². The maximum Gasteiger partial charge on any atom is 0.165 e. The first-order chi connectivity index (χ1) is 15.0. The Hall–Kier alpha value is -2.62. The third-order valence-electron chi connectivity index (χ3n) is 4.94. The summed E-state index contributed by atoms with van der Waals surface area (Å²) in [5, 5.41) is 4.90. The molecule has 0 radical (unpaired) electrons. The smallest absolute Gasteiger partial charge is 0.165 e. The Morgan fingerprint density at radius 2 is 1.74 bits per heavy atom. The van der Waals surface area contributed by atoms with E-state index >= 15 is 0 Å². The molecule has 0 saturated carbocycles. The molecule has 1 N–H and O–H groups in total. The van der Waals surface area contributed by atoms with Gasteiger partial charge in [0.1, 0.15) is 6.61 Å². The summed E-state index contributed by atoms with van der Waals surface area (Å²) in [5.74, 6) is 1.44. The standard InChI is InChI=1S/C26H27Cl2NO2/c1-4-9-20-14-19(16-29-24-13-8-12-22(27)18(24)3)15-25(30-5-2)26(20)31-17-21-10-6-7-11-23(21)28/h4,6-8,10-15,29H,1,5,9,16-17H2,2-3H3. The van der Waals surface area contributed by atoms with E-state index in [1.165, 1.54) is 0 Å². The fourth-order valence-electron chi connectivity index (χ4n) is 3.32. The fraction of sp³-hybridized carbons (Fsp3) is 0.231. The lowest BCUT2D eigenvalue weighted by atomic mass is 10.0. The van der Waals surface area contributed by atoms with E-state index in [2.05, 4.69) is 18.0 Å². The zero-order valence-corrected chi connectivity index (χ0v) is 19.4. The monoisotopic (exact) mass is 455 g/mol. The normalized spacial score (nSPS) is 10.6. The maximum absolute atomic E-state index is 6.30. The molecule has 5 heteroatoms. The molecule has 3 rings (SSSR count). The number of anilines is 1. The summed E-state index contributed by atoms with van der Waals surface area (Å²) in [5.41, 5.74) is 5.07. The van der Waals surface area contributed by atoms with Crippen molar-refractivity contribution >= 4 is 28.9 Å². The van der Waals surface area contributed by atoms with Crippen molar-refractivity contribution < 1.29 is 9.47 Å². The Morgan fingerprint density at radius 1 is 0.968 bits per heavy atom. The Labute approximate surface area is 194 Å². The molecule has 0 aliphatic heterocycles. The Kier molecular flexibility index (Phi) is 8.27. The van der Waals surface area contributed by atoms with Gasteiger partial charge in [0.25, 0.3) is 0 Å². The molecule has 3 aromatic rings. The molecule has 0 bridgehead atoms. The second-order valence-electron chi connectivity index (χ2n) is 7.15. The van der Waals surface area contributed by atoms with E-state index in [-0.39, 0.29) is 0 Å². The van der Waals surface area contributed by atoms with Crippen LogP contribution in [-0.2, 0) is 19.6 Å². The highest BCUT2D eigenvalue weighted by molar-refractivity contribution is 6.31. The molecule has 31 heavy (non-hydrogen) atoms. The highest BCUT2D eigenvalue weighted by Gasteiger charge is 2.15. The molecule has 0 fully saturated rings. The first-order valence-electron chi connectivity index (χ1n) is 10.3. The molecule has 0 atom stereocenters. The minimum Gasteiger partial charge on any atom is -0.490 e. The van der Waals surface area contributed by atoms with Crippen LogP contribution in [0.15, 0.2) is 67.3 Å². The average molecular weight is 456 g/mol. The number of hydrogen-bond donors (Lipinski definition) is 1. The van der Waals surface area contributed by atoms with Crippen LogP contribution in [0.1, 0.15) is 29.2 Å². The van der Waals surface area contributed by atoms with E-state index < -0.39 is 0 Å². The predicted molar refractivity (Wildman–Crippen MR) is 131 cm³/mol. The van der Waals surface area contributed by atoms with E-state index in [4.69, 9.17) is 32.7 Å². The molecule has 0 spiro atoms. The topological polar surface area (TPSA) is 30.5 Å². The predicted octanol–water partition coefficient (Wildman–Crippen LogP) is 7.62. The van der Waals surface area contributed by atoms with Gasteiger partial charge in [0.2, 0.25) is 0 Å². The molecule has 0 aliphatic rings. The van der Waals surface area contributed by atoms with Gasteiger partial charge in [0, 0.05) is 33.4 Å². The van der Waals surface area contributed by atoms with Gasteiger partial charge in [-0.2, -0.15) is 0 Å². The zero-order chi connectivity index (χ0) is 22.2. The van der Waals surface area contributed by atoms with Crippen LogP contribution in [0.3, 0.4) is 0 Å². The second kappa shape index (κ2) is 11.1. The van der Waals surface area contributed by atoms with E-state index in [1.807, 2.05) is 68.5 Å². The number of allylic oxidation sites excluding steroid dienone is 1. The molecule has 0 aliphatic carbocycles. The van der Waals surface area contributed by atoms with Crippen LogP contribution in [0, 0.1) is 6.92 Å². The highest BCUT2D eigenvalue weighted by Crippen LogP contribution is 2.35. The van der Waals surface area contributed by atoms with Crippen LogP contribution in [0.2, 0.25) is 10.0 Å². The minimum atomic E-state index is 0.364. The van der Waals surface area contributed by atoms with Gasteiger partial charge in [0.05, 0.1) is 6.61 Å². The first-order valence-corrected chi connectivity index (χ1v) is 11.0. The number of benzene rings is 3. The SMILES string of the molecule is C=CCc1cc(CNc2cccc(Cl)c2C)cc(OCC)c1OCc1ccccc1Cl. The lowest BCUT2D eigenvalue weighted by molar-refractivity contribution is 0.267. The summed E-state index contributed by atoms with van der Waals surface area (Å²) >= 11 is 12.5. The van der Waals surface area contributed by atoms with Crippen LogP contribution in [0.25, 0.3) is 0 Å². The van der Waals surface area contributed by atoms with Gasteiger partial charge in [-0.05, 0) is 61.7 Å². The summed E-state index contributed by atoms with van der Waals surface area (Å²) < 4.78 is 12.1. The fourth-order valence-corrected chi connectivity index (χ4v) is 3.69.